The van der Waals surface area contributed by atoms with E-state index in [1.807, 2.05) is 11.0 Å². The minimum Gasteiger partial charge on any atom is -0.493 e. The van der Waals surface area contributed by atoms with Crippen LogP contribution in [0.4, 0.5) is 11.8 Å². The zero-order valence-corrected chi connectivity index (χ0v) is 17.9. The molecule has 1 saturated heterocycles. The van der Waals surface area contributed by atoms with Crippen LogP contribution in [0.3, 0.4) is 0 Å². The molecule has 2 N–H and O–H groups in total. The van der Waals surface area contributed by atoms with Gasteiger partial charge in [0.05, 0.1) is 19.7 Å². The Kier molecular flexibility index (Phi) is 4.92. The number of piperazine rings is 1. The lowest BCUT2D eigenvalue weighted by Crippen LogP contribution is -2.50. The molecule has 2 aromatic rings. The number of hydrogen-bond acceptors (Lipinski definition) is 7. The largest absolute Gasteiger partial charge is 0.493 e. The summed E-state index contributed by atoms with van der Waals surface area (Å²) in [6.45, 7) is 2.62. The molecule has 8 heteroatoms. The van der Waals surface area contributed by atoms with Gasteiger partial charge in [0.2, 0.25) is 11.9 Å². The highest BCUT2D eigenvalue weighted by atomic mass is 16.5. The third kappa shape index (κ3) is 3.45. The van der Waals surface area contributed by atoms with Crippen LogP contribution in [0.15, 0.2) is 35.9 Å². The van der Waals surface area contributed by atoms with Crippen LogP contribution < -0.4 is 20.1 Å². The van der Waals surface area contributed by atoms with Crippen LogP contribution in [0.1, 0.15) is 12.8 Å². The van der Waals surface area contributed by atoms with Crippen molar-refractivity contribution in [3.63, 3.8) is 0 Å². The predicted molar refractivity (Wildman–Crippen MR) is 119 cm³/mol. The summed E-state index contributed by atoms with van der Waals surface area (Å²) < 4.78 is 10.8. The molecule has 2 atom stereocenters. The van der Waals surface area contributed by atoms with Crippen molar-refractivity contribution in [3.05, 3.63) is 35.9 Å². The smallest absolute Gasteiger partial charge is 0.250 e. The number of amides is 1. The number of benzene rings is 1. The molecular weight excluding hydrogens is 394 g/mol. The lowest BCUT2D eigenvalue weighted by molar-refractivity contribution is -0.128. The molecule has 1 aromatic heterocycles. The van der Waals surface area contributed by atoms with Crippen molar-refractivity contribution >= 4 is 28.6 Å². The first-order valence-corrected chi connectivity index (χ1v) is 10.7. The fraction of sp³-hybridized carbons (Fsp3) is 0.435. The maximum atomic E-state index is 13.1. The van der Waals surface area contributed by atoms with E-state index < -0.39 is 0 Å². The van der Waals surface area contributed by atoms with E-state index in [0.29, 0.717) is 60.9 Å². The van der Waals surface area contributed by atoms with Crippen molar-refractivity contribution < 1.29 is 14.3 Å². The van der Waals surface area contributed by atoms with Gasteiger partial charge in [-0.25, -0.2) is 4.98 Å². The molecule has 162 valence electrons. The summed E-state index contributed by atoms with van der Waals surface area (Å²) in [5.74, 6) is 3.04. The van der Waals surface area contributed by atoms with E-state index in [9.17, 15) is 4.79 Å². The third-order valence-corrected chi connectivity index (χ3v) is 6.51. The summed E-state index contributed by atoms with van der Waals surface area (Å²) in [4.78, 5) is 26.3. The van der Waals surface area contributed by atoms with Gasteiger partial charge in [0, 0.05) is 49.1 Å². The first-order valence-electron chi connectivity index (χ1n) is 10.7. The number of carbonyl (C=O) groups excluding carboxylic acids is 1. The van der Waals surface area contributed by atoms with Crippen molar-refractivity contribution in [2.45, 2.75) is 12.8 Å². The highest BCUT2D eigenvalue weighted by Crippen LogP contribution is 2.37. The van der Waals surface area contributed by atoms with Gasteiger partial charge in [0.25, 0.3) is 0 Å². The second-order valence-corrected chi connectivity index (χ2v) is 8.27. The zero-order chi connectivity index (χ0) is 21.5. The Bertz CT molecular complexity index is 1090. The molecule has 3 aliphatic carbocycles. The number of nitrogen functional groups attached to an aromatic ring is 1. The van der Waals surface area contributed by atoms with Gasteiger partial charge in [0.15, 0.2) is 11.5 Å². The molecule has 6 rings (SSSR count). The van der Waals surface area contributed by atoms with Gasteiger partial charge in [-0.3, -0.25) is 4.79 Å². The maximum Gasteiger partial charge on any atom is 0.250 e. The molecule has 1 fully saturated rings. The number of ether oxygens (including phenoxy) is 2. The monoisotopic (exact) mass is 421 g/mol. The lowest BCUT2D eigenvalue weighted by Gasteiger charge is -2.38. The number of rotatable bonds is 4. The number of hydrogen-bond donors (Lipinski definition) is 1. The molecule has 1 aromatic carbocycles. The van der Waals surface area contributed by atoms with Gasteiger partial charge in [-0.15, -0.1) is 0 Å². The number of anilines is 2. The van der Waals surface area contributed by atoms with Crippen molar-refractivity contribution in [1.29, 1.82) is 0 Å². The lowest BCUT2D eigenvalue weighted by atomic mass is 9.76. The van der Waals surface area contributed by atoms with Gasteiger partial charge < -0.3 is 25.0 Å². The average molecular weight is 422 g/mol. The Morgan fingerprint density at radius 2 is 1.77 bits per heavy atom. The van der Waals surface area contributed by atoms with Crippen LogP contribution in [0.25, 0.3) is 10.9 Å². The molecule has 8 nitrogen and oxygen atoms in total. The van der Waals surface area contributed by atoms with Crippen molar-refractivity contribution in [1.82, 2.24) is 14.9 Å². The number of carbonyl (C=O) groups is 1. The first kappa shape index (κ1) is 19.7. The minimum atomic E-state index is 0.175. The Morgan fingerprint density at radius 1 is 1.03 bits per heavy atom. The summed E-state index contributed by atoms with van der Waals surface area (Å²) >= 11 is 0. The molecule has 2 heterocycles. The Balaban J connectivity index is 1.33. The SMILES string of the molecule is COc1cc2nc(N3CCN(C(=O)C4=C[C@H]5C=C[C@@H]4CC5)CC3)nc(N)c2cc1OC. The van der Waals surface area contributed by atoms with E-state index in [0.717, 1.165) is 23.8 Å². The minimum absolute atomic E-state index is 0.175. The van der Waals surface area contributed by atoms with E-state index in [4.69, 9.17) is 20.2 Å². The summed E-state index contributed by atoms with van der Waals surface area (Å²) in [5, 5.41) is 0.725. The van der Waals surface area contributed by atoms with Crippen LogP contribution in [-0.2, 0) is 4.79 Å². The van der Waals surface area contributed by atoms with E-state index in [-0.39, 0.29) is 11.8 Å². The second-order valence-electron chi connectivity index (χ2n) is 8.27. The predicted octanol–water partition coefficient (Wildman–Crippen LogP) is 2.40. The molecule has 1 amide bonds. The molecule has 0 saturated carbocycles. The van der Waals surface area contributed by atoms with E-state index in [2.05, 4.69) is 28.1 Å². The highest BCUT2D eigenvalue weighted by molar-refractivity contribution is 5.95. The van der Waals surface area contributed by atoms with Gasteiger partial charge in [-0.05, 0) is 24.8 Å². The fourth-order valence-electron chi connectivity index (χ4n) is 4.72. The van der Waals surface area contributed by atoms with Crippen LogP contribution in [0, 0.1) is 11.8 Å². The Labute approximate surface area is 181 Å². The second kappa shape index (κ2) is 7.76. The van der Waals surface area contributed by atoms with E-state index in [1.54, 1.807) is 20.3 Å². The number of methoxy groups -OCH3 is 2. The van der Waals surface area contributed by atoms with Gasteiger partial charge in [0.1, 0.15) is 5.82 Å². The van der Waals surface area contributed by atoms with E-state index in [1.165, 1.54) is 0 Å². The highest BCUT2D eigenvalue weighted by Gasteiger charge is 2.32. The first-order chi connectivity index (χ1) is 15.1. The number of fused-ring (bicyclic) bond motifs is 2. The topological polar surface area (TPSA) is 93.8 Å². The average Bonchev–Trinajstić information content (AvgIpc) is 2.83. The quantitative estimate of drug-likeness (QED) is 0.758. The van der Waals surface area contributed by atoms with Gasteiger partial charge in [-0.1, -0.05) is 18.2 Å². The molecule has 31 heavy (non-hydrogen) atoms. The Morgan fingerprint density at radius 3 is 2.39 bits per heavy atom. The summed E-state index contributed by atoms with van der Waals surface area (Å²) in [7, 11) is 3.18. The molecule has 4 aliphatic rings. The molecule has 0 spiro atoms. The molecule has 1 aliphatic heterocycles. The normalized spacial score (nSPS) is 22.6. The molecule has 0 radical (unpaired) electrons. The molecule has 0 unspecified atom stereocenters. The number of aromatic nitrogens is 2. The van der Waals surface area contributed by atoms with Crippen molar-refractivity contribution in [2.75, 3.05) is 51.0 Å². The summed E-state index contributed by atoms with van der Waals surface area (Å²) in [6.07, 6.45) is 8.83. The van der Waals surface area contributed by atoms with Gasteiger partial charge >= 0.3 is 0 Å². The van der Waals surface area contributed by atoms with Crippen LogP contribution in [0.2, 0.25) is 0 Å². The zero-order valence-electron chi connectivity index (χ0n) is 17.9. The standard InChI is InChI=1S/C23H27N5O3/c1-30-19-12-17-18(13-20(19)31-2)25-23(26-21(17)24)28-9-7-27(8-10-28)22(29)16-11-14-3-5-15(16)6-4-14/h3,5,11-15H,4,6-10H2,1-2H3,(H2,24,25,26)/t14-,15+/m0/s1. The fourth-order valence-corrected chi connectivity index (χ4v) is 4.72. The molecular formula is C23H27N5O3. The van der Waals surface area contributed by atoms with E-state index >= 15 is 0 Å². The number of nitrogens with zero attached hydrogens (tertiary/aromatic N) is 4. The summed E-state index contributed by atoms with van der Waals surface area (Å²) in [5.41, 5.74) is 7.91. The van der Waals surface area contributed by atoms with Crippen LogP contribution in [-0.4, -0.2) is 61.2 Å². The summed E-state index contributed by atoms with van der Waals surface area (Å²) in [6, 6.07) is 3.61. The van der Waals surface area contributed by atoms with Crippen LogP contribution in [0.5, 0.6) is 11.5 Å². The van der Waals surface area contributed by atoms with Crippen LogP contribution >= 0.6 is 0 Å². The van der Waals surface area contributed by atoms with Gasteiger partial charge in [-0.2, -0.15) is 4.98 Å². The molecule has 2 bridgehead atoms. The van der Waals surface area contributed by atoms with Crippen molar-refractivity contribution in [3.8, 4) is 11.5 Å². The Hall–Kier alpha value is -3.29. The number of allylic oxidation sites excluding steroid dienone is 3. The third-order valence-electron chi connectivity index (χ3n) is 6.51. The number of nitrogens with two attached hydrogens (primary N) is 1. The maximum absolute atomic E-state index is 13.1. The van der Waals surface area contributed by atoms with Crippen molar-refractivity contribution in [2.24, 2.45) is 11.8 Å².